The second-order valence-corrected chi connectivity index (χ2v) is 17.3. The van der Waals surface area contributed by atoms with Crippen LogP contribution in [0, 0.1) is 17.8 Å². The summed E-state index contributed by atoms with van der Waals surface area (Å²) in [6.07, 6.45) is 12.8. The fourth-order valence-corrected chi connectivity index (χ4v) is 10.3. The highest BCUT2D eigenvalue weighted by Crippen LogP contribution is 2.47. The standard InChI is InChI=1S/C38H46ClN5O5S/c1-24-7-5-9-34(48-4)31-13-10-28(31)21-44-22-38(16-6-8-26-17-30(39)12-14-32(26)38)23-49-35-15-11-27(18-33(35)44)36(45)41-50(47,25(24)2)42-37(46)29-19-40-43(3)20-29/h5,9,11-12,14-15,17-20,24-25,28,31,34H,6-8,10,13,16,21-23H2,1-4H3,(H,41,42,45,46,47)/b9-5+/t24-,25+,28-,31+,34-,38-,50?/m0/s1. The lowest BCUT2D eigenvalue weighted by molar-refractivity contribution is 0.0131. The van der Waals surface area contributed by atoms with E-state index in [1.807, 2.05) is 25.1 Å². The first-order chi connectivity index (χ1) is 24.0. The van der Waals surface area contributed by atoms with Gasteiger partial charge in [0.25, 0.3) is 11.8 Å². The maximum atomic E-state index is 14.7. The SMILES string of the molecule is CO[C@H]1/C=C/C[C@H](C)[C@@H](C)S(=O)(NC(=O)c2cnn(C)c2)=NC(=O)c2ccc3c(c2)N(C[C@@H]2CC[C@H]21)C[C@@]1(CCCc2cc(Cl)ccc21)CO3. The highest BCUT2D eigenvalue weighted by Gasteiger charge is 2.44. The van der Waals surface area contributed by atoms with Gasteiger partial charge in [-0.15, -0.1) is 4.36 Å². The van der Waals surface area contributed by atoms with E-state index in [1.54, 1.807) is 27.1 Å². The number of aryl methyl sites for hydroxylation is 2. The molecule has 0 radical (unpaired) electrons. The van der Waals surface area contributed by atoms with Gasteiger partial charge in [0.2, 0.25) is 0 Å². The Morgan fingerprint density at radius 2 is 2.02 bits per heavy atom. The van der Waals surface area contributed by atoms with Crippen LogP contribution >= 0.6 is 11.6 Å². The van der Waals surface area contributed by atoms with Gasteiger partial charge in [-0.05, 0) is 105 Å². The predicted octanol–water partition coefficient (Wildman–Crippen LogP) is 6.53. The van der Waals surface area contributed by atoms with E-state index < -0.39 is 27.0 Å². The second kappa shape index (κ2) is 13.8. The van der Waals surface area contributed by atoms with Gasteiger partial charge in [-0.1, -0.05) is 36.7 Å². The van der Waals surface area contributed by atoms with Crippen LogP contribution in [0.25, 0.3) is 0 Å². The number of nitrogens with one attached hydrogen (secondary N) is 1. The van der Waals surface area contributed by atoms with Crippen molar-refractivity contribution in [3.8, 4) is 5.75 Å². The molecule has 1 spiro atoms. The molecule has 7 atom stereocenters. The molecule has 4 aliphatic rings. The summed E-state index contributed by atoms with van der Waals surface area (Å²) in [5, 5.41) is 4.17. The lowest BCUT2D eigenvalue weighted by atomic mass is 9.68. The van der Waals surface area contributed by atoms with E-state index >= 15 is 0 Å². The summed E-state index contributed by atoms with van der Waals surface area (Å²) in [6.45, 7) is 5.74. The zero-order chi connectivity index (χ0) is 35.2. The van der Waals surface area contributed by atoms with Crippen LogP contribution in [0.15, 0.2) is 65.3 Å². The molecule has 266 valence electrons. The first-order valence-corrected chi connectivity index (χ1v) is 19.6. The van der Waals surface area contributed by atoms with E-state index in [0.717, 1.165) is 49.4 Å². The van der Waals surface area contributed by atoms with Crippen molar-refractivity contribution in [3.05, 3.63) is 88.2 Å². The molecule has 3 heterocycles. The summed E-state index contributed by atoms with van der Waals surface area (Å²) in [4.78, 5) is 29.8. The van der Waals surface area contributed by atoms with Gasteiger partial charge < -0.3 is 14.4 Å². The van der Waals surface area contributed by atoms with Gasteiger partial charge in [0, 0.05) is 49.4 Å². The van der Waals surface area contributed by atoms with Crippen LogP contribution in [0.5, 0.6) is 5.75 Å². The Morgan fingerprint density at radius 3 is 2.76 bits per heavy atom. The normalized spacial score (nSPS) is 31.7. The highest BCUT2D eigenvalue weighted by molar-refractivity contribution is 7.93. The monoisotopic (exact) mass is 719 g/mol. The molecule has 10 nitrogen and oxygen atoms in total. The number of halogens is 1. The maximum absolute atomic E-state index is 14.7. The minimum atomic E-state index is -3.59. The fraction of sp³-hybridized carbons (Fsp3) is 0.500. The van der Waals surface area contributed by atoms with Crippen molar-refractivity contribution in [1.82, 2.24) is 14.5 Å². The third-order valence-corrected chi connectivity index (χ3v) is 14.1. The number of fused-ring (bicyclic) bond motifs is 4. The fourth-order valence-electron chi connectivity index (χ4n) is 8.22. The number of amides is 2. The molecule has 7 rings (SSSR count). The Hall–Kier alpha value is -3.67. The summed E-state index contributed by atoms with van der Waals surface area (Å²) in [7, 11) is -0.130. The van der Waals surface area contributed by atoms with E-state index in [-0.39, 0.29) is 23.0 Å². The van der Waals surface area contributed by atoms with Gasteiger partial charge in [-0.2, -0.15) is 5.10 Å². The van der Waals surface area contributed by atoms with E-state index in [4.69, 9.17) is 21.1 Å². The third kappa shape index (κ3) is 6.60. The van der Waals surface area contributed by atoms with Crippen LogP contribution in [0.3, 0.4) is 0 Å². The molecule has 2 amide bonds. The molecule has 12 heteroatoms. The van der Waals surface area contributed by atoms with Crippen LogP contribution in [0.2, 0.25) is 5.02 Å². The van der Waals surface area contributed by atoms with Gasteiger partial charge in [-0.3, -0.25) is 19.0 Å². The Morgan fingerprint density at radius 1 is 1.18 bits per heavy atom. The minimum absolute atomic E-state index is 0.0643. The van der Waals surface area contributed by atoms with Crippen molar-refractivity contribution in [1.29, 1.82) is 0 Å². The van der Waals surface area contributed by atoms with Gasteiger partial charge in [-0.25, -0.2) is 4.21 Å². The lowest BCUT2D eigenvalue weighted by Crippen LogP contribution is -2.49. The van der Waals surface area contributed by atoms with Crippen LogP contribution in [-0.4, -0.2) is 64.0 Å². The molecule has 1 saturated carbocycles. The molecule has 1 fully saturated rings. The number of aromatic nitrogens is 2. The zero-order valence-electron chi connectivity index (χ0n) is 29.1. The number of methoxy groups -OCH3 is 1. The molecular weight excluding hydrogens is 674 g/mol. The van der Waals surface area contributed by atoms with Crippen LogP contribution in [0.4, 0.5) is 5.69 Å². The number of anilines is 1. The van der Waals surface area contributed by atoms with Crippen LogP contribution < -0.4 is 14.4 Å². The Labute approximate surface area is 299 Å². The Bertz CT molecular complexity index is 1950. The maximum Gasteiger partial charge on any atom is 0.286 e. The van der Waals surface area contributed by atoms with Crippen LogP contribution in [-0.2, 0) is 33.5 Å². The molecule has 0 saturated heterocycles. The van der Waals surface area contributed by atoms with Crippen molar-refractivity contribution >= 4 is 39.0 Å². The molecular formula is C38H46ClN5O5S. The second-order valence-electron chi connectivity index (χ2n) is 14.6. The molecule has 1 N–H and O–H groups in total. The van der Waals surface area contributed by atoms with Gasteiger partial charge in [0.15, 0.2) is 0 Å². The van der Waals surface area contributed by atoms with Crippen molar-refractivity contribution in [3.63, 3.8) is 0 Å². The number of hydrogen-bond acceptors (Lipinski definition) is 7. The smallest absolute Gasteiger partial charge is 0.286 e. The molecule has 3 aromatic rings. The highest BCUT2D eigenvalue weighted by atomic mass is 35.5. The Balaban J connectivity index is 1.33. The summed E-state index contributed by atoms with van der Waals surface area (Å²) in [5.74, 6) is -0.000406. The van der Waals surface area contributed by atoms with Gasteiger partial charge in [0.05, 0.1) is 35.4 Å². The molecule has 2 bridgehead atoms. The first-order valence-electron chi connectivity index (χ1n) is 17.6. The van der Waals surface area contributed by atoms with E-state index in [9.17, 15) is 13.8 Å². The lowest BCUT2D eigenvalue weighted by Gasteiger charge is -2.46. The molecule has 1 unspecified atom stereocenters. The van der Waals surface area contributed by atoms with E-state index in [0.29, 0.717) is 42.7 Å². The average molecular weight is 720 g/mol. The van der Waals surface area contributed by atoms with Crippen molar-refractivity contribution in [2.45, 2.75) is 69.1 Å². The summed E-state index contributed by atoms with van der Waals surface area (Å²) < 4.78 is 35.9. The van der Waals surface area contributed by atoms with E-state index in [1.165, 1.54) is 28.2 Å². The number of benzene rings is 2. The number of carbonyl (C=O) groups excluding carboxylic acids is 2. The summed E-state index contributed by atoms with van der Waals surface area (Å²) >= 11 is 6.46. The minimum Gasteiger partial charge on any atom is -0.490 e. The molecule has 2 aromatic carbocycles. The van der Waals surface area contributed by atoms with Gasteiger partial charge in [0.1, 0.15) is 15.7 Å². The number of hydrogen-bond donors (Lipinski definition) is 1. The Kier molecular flexibility index (Phi) is 9.60. The van der Waals surface area contributed by atoms with Crippen molar-refractivity contribution in [2.24, 2.45) is 29.2 Å². The van der Waals surface area contributed by atoms with Crippen LogP contribution in [0.1, 0.15) is 77.8 Å². The number of carbonyl (C=O) groups is 2. The van der Waals surface area contributed by atoms with Crippen molar-refractivity contribution in [2.75, 3.05) is 31.7 Å². The van der Waals surface area contributed by atoms with Gasteiger partial charge >= 0.3 is 0 Å². The molecule has 2 aliphatic carbocycles. The number of nitrogens with zero attached hydrogens (tertiary/aromatic N) is 4. The number of allylic oxidation sites excluding steroid dienone is 1. The third-order valence-electron chi connectivity index (χ3n) is 11.5. The summed E-state index contributed by atoms with van der Waals surface area (Å²) in [5.41, 5.74) is 3.62. The molecule has 1 aromatic heterocycles. The molecule has 2 aliphatic heterocycles. The number of rotatable bonds is 3. The summed E-state index contributed by atoms with van der Waals surface area (Å²) in [6, 6.07) is 11.6. The van der Waals surface area contributed by atoms with Crippen molar-refractivity contribution < 1.29 is 23.3 Å². The predicted molar refractivity (Wildman–Crippen MR) is 195 cm³/mol. The topological polar surface area (TPSA) is 115 Å². The first kappa shape index (κ1) is 34.8. The largest absolute Gasteiger partial charge is 0.490 e. The zero-order valence-corrected chi connectivity index (χ0v) is 30.7. The van der Waals surface area contributed by atoms with E-state index in [2.05, 4.69) is 43.4 Å². The quantitative estimate of drug-likeness (QED) is 0.307. The number of ether oxygens (including phenoxy) is 2. The molecule has 50 heavy (non-hydrogen) atoms. The average Bonchev–Trinajstić information content (AvgIpc) is 3.47.